The molecule has 0 bridgehead atoms. The third-order valence-electron chi connectivity index (χ3n) is 1.97. The van der Waals surface area contributed by atoms with Gasteiger partial charge in [-0.2, -0.15) is 4.57 Å². The van der Waals surface area contributed by atoms with E-state index in [4.69, 9.17) is 0 Å². The van der Waals surface area contributed by atoms with Crippen LogP contribution in [0, 0.1) is 5.95 Å². The summed E-state index contributed by atoms with van der Waals surface area (Å²) in [5.74, 6) is -0.187. The third-order valence-corrected chi connectivity index (χ3v) is 1.97. The van der Waals surface area contributed by atoms with Crippen LogP contribution in [-0.4, -0.2) is 0 Å². The molecule has 0 atom stereocenters. The Balaban J connectivity index is 2.91. The number of pyridine rings is 1. The van der Waals surface area contributed by atoms with Crippen molar-refractivity contribution in [1.82, 2.24) is 0 Å². The van der Waals surface area contributed by atoms with Crippen molar-refractivity contribution in [2.24, 2.45) is 7.05 Å². The van der Waals surface area contributed by atoms with E-state index >= 15 is 0 Å². The van der Waals surface area contributed by atoms with Gasteiger partial charge in [-0.25, -0.2) is 0 Å². The summed E-state index contributed by atoms with van der Waals surface area (Å²) in [5.41, 5.74) is 0. The fourth-order valence-corrected chi connectivity index (χ4v) is 1.28. The zero-order valence-corrected chi connectivity index (χ0v) is 6.79. The Kier molecular flexibility index (Phi) is 1.54. The summed E-state index contributed by atoms with van der Waals surface area (Å²) in [6.45, 7) is 0. The first-order valence-electron chi connectivity index (χ1n) is 3.82. The maximum atomic E-state index is 13.4. The lowest BCUT2D eigenvalue weighted by molar-refractivity contribution is -0.698. The molecule has 0 N–H and O–H groups in total. The molecule has 0 aliphatic rings. The summed E-state index contributed by atoms with van der Waals surface area (Å²) in [4.78, 5) is 0. The van der Waals surface area contributed by atoms with Crippen LogP contribution in [0.1, 0.15) is 0 Å². The van der Waals surface area contributed by atoms with E-state index in [1.54, 1.807) is 19.3 Å². The number of hydrogen-bond donors (Lipinski definition) is 0. The van der Waals surface area contributed by atoms with Crippen LogP contribution in [0.15, 0.2) is 36.5 Å². The van der Waals surface area contributed by atoms with Crippen LogP contribution < -0.4 is 4.57 Å². The highest BCUT2D eigenvalue weighted by molar-refractivity contribution is 5.80. The summed E-state index contributed by atoms with van der Waals surface area (Å²) >= 11 is 0. The van der Waals surface area contributed by atoms with E-state index in [9.17, 15) is 4.39 Å². The average Bonchev–Trinajstić information content (AvgIpc) is 2.12. The Hall–Kier alpha value is -1.44. The first-order chi connectivity index (χ1) is 5.79. The fraction of sp³-hybridized carbons (Fsp3) is 0.100. The molecule has 1 aromatic heterocycles. The van der Waals surface area contributed by atoms with Gasteiger partial charge in [0.25, 0.3) is 0 Å². The molecule has 1 nitrogen and oxygen atoms in total. The summed E-state index contributed by atoms with van der Waals surface area (Å²) in [7, 11) is 1.70. The molecule has 0 aliphatic heterocycles. The Labute approximate surface area is 70.1 Å². The first kappa shape index (κ1) is 7.22. The van der Waals surface area contributed by atoms with E-state index in [1.165, 1.54) is 4.57 Å². The second-order valence-electron chi connectivity index (χ2n) is 2.80. The summed E-state index contributed by atoms with van der Waals surface area (Å²) in [5, 5.41) is 1.61. The number of aryl methyl sites for hydroxylation is 1. The van der Waals surface area contributed by atoms with Gasteiger partial charge in [0.15, 0.2) is 6.20 Å². The highest BCUT2D eigenvalue weighted by atomic mass is 19.1. The largest absolute Gasteiger partial charge is 0.367 e. The van der Waals surface area contributed by atoms with E-state index in [2.05, 4.69) is 0 Å². The predicted octanol–water partition coefficient (Wildman–Crippen LogP) is 1.80. The topological polar surface area (TPSA) is 3.88 Å². The van der Waals surface area contributed by atoms with Crippen molar-refractivity contribution < 1.29 is 8.96 Å². The van der Waals surface area contributed by atoms with Crippen molar-refractivity contribution in [2.75, 3.05) is 0 Å². The molecule has 0 fully saturated rings. The monoisotopic (exact) mass is 162 g/mol. The Morgan fingerprint density at radius 1 is 1.17 bits per heavy atom. The maximum Gasteiger partial charge on any atom is 0.367 e. The Morgan fingerprint density at radius 3 is 2.75 bits per heavy atom. The number of nitrogens with zero attached hydrogens (tertiary/aromatic N) is 1. The SMILES string of the molecule is C[n+]1ccc2ccccc2c1F. The lowest BCUT2D eigenvalue weighted by Gasteiger charge is -1.95. The number of hydrogen-bond acceptors (Lipinski definition) is 0. The molecule has 0 radical (unpaired) electrons. The van der Waals surface area contributed by atoms with E-state index in [1.807, 2.05) is 24.3 Å². The third kappa shape index (κ3) is 0.961. The lowest BCUT2D eigenvalue weighted by atomic mass is 10.2. The highest BCUT2D eigenvalue weighted by Gasteiger charge is 2.08. The molecule has 0 unspecified atom stereocenters. The molecule has 0 saturated carbocycles. The number of rotatable bonds is 0. The number of benzene rings is 1. The van der Waals surface area contributed by atoms with Gasteiger partial charge < -0.3 is 0 Å². The second-order valence-corrected chi connectivity index (χ2v) is 2.80. The molecular weight excluding hydrogens is 153 g/mol. The molecule has 2 rings (SSSR count). The molecule has 2 aromatic rings. The molecular formula is C10H9FN+. The molecule has 2 heteroatoms. The minimum Gasteiger partial charge on any atom is -0.176 e. The molecule has 0 aliphatic carbocycles. The van der Waals surface area contributed by atoms with Gasteiger partial charge in [0, 0.05) is 6.07 Å². The van der Waals surface area contributed by atoms with Gasteiger partial charge in [0.1, 0.15) is 7.05 Å². The molecule has 0 saturated heterocycles. The van der Waals surface area contributed by atoms with Gasteiger partial charge in [-0.05, 0) is 11.5 Å². The van der Waals surface area contributed by atoms with Gasteiger partial charge in [-0.3, -0.25) is 0 Å². The normalized spacial score (nSPS) is 10.5. The van der Waals surface area contributed by atoms with Crippen molar-refractivity contribution in [3.05, 3.63) is 42.5 Å². The van der Waals surface area contributed by atoms with Crippen molar-refractivity contribution in [3.63, 3.8) is 0 Å². The van der Waals surface area contributed by atoms with Gasteiger partial charge in [0.2, 0.25) is 0 Å². The molecule has 1 aromatic carbocycles. The van der Waals surface area contributed by atoms with Crippen LogP contribution in [0.4, 0.5) is 4.39 Å². The highest BCUT2D eigenvalue weighted by Crippen LogP contribution is 2.12. The van der Waals surface area contributed by atoms with Crippen LogP contribution >= 0.6 is 0 Å². The fourth-order valence-electron chi connectivity index (χ4n) is 1.28. The average molecular weight is 162 g/mol. The van der Waals surface area contributed by atoms with Gasteiger partial charge in [-0.15, -0.1) is 4.39 Å². The molecule has 12 heavy (non-hydrogen) atoms. The minimum absolute atomic E-state index is 0.187. The Morgan fingerprint density at radius 2 is 1.92 bits per heavy atom. The van der Waals surface area contributed by atoms with Crippen LogP contribution in [0.2, 0.25) is 0 Å². The van der Waals surface area contributed by atoms with Crippen LogP contribution in [0.5, 0.6) is 0 Å². The predicted molar refractivity (Wildman–Crippen MR) is 45.1 cm³/mol. The smallest absolute Gasteiger partial charge is 0.176 e. The van der Waals surface area contributed by atoms with E-state index in [0.29, 0.717) is 5.39 Å². The summed E-state index contributed by atoms with van der Waals surface area (Å²) < 4.78 is 14.8. The van der Waals surface area contributed by atoms with Gasteiger partial charge >= 0.3 is 5.95 Å². The van der Waals surface area contributed by atoms with Crippen LogP contribution in [0.3, 0.4) is 0 Å². The second kappa shape index (κ2) is 2.55. The minimum atomic E-state index is -0.187. The molecule has 1 heterocycles. The number of fused-ring (bicyclic) bond motifs is 1. The van der Waals surface area contributed by atoms with Crippen molar-refractivity contribution in [3.8, 4) is 0 Å². The zero-order valence-electron chi connectivity index (χ0n) is 6.79. The lowest BCUT2D eigenvalue weighted by Crippen LogP contribution is -2.32. The zero-order chi connectivity index (χ0) is 8.55. The van der Waals surface area contributed by atoms with Crippen LogP contribution in [-0.2, 0) is 7.05 Å². The maximum absolute atomic E-state index is 13.4. The number of aromatic nitrogens is 1. The van der Waals surface area contributed by atoms with Crippen molar-refractivity contribution in [1.29, 1.82) is 0 Å². The molecule has 0 amide bonds. The standard InChI is InChI=1S/C10H9FN/c1-12-7-6-8-4-2-3-5-9(8)10(12)11/h2-7H,1H3/q+1. The van der Waals surface area contributed by atoms with E-state index < -0.39 is 0 Å². The number of halogens is 1. The quantitative estimate of drug-likeness (QED) is 0.411. The van der Waals surface area contributed by atoms with E-state index in [-0.39, 0.29) is 5.95 Å². The molecule has 0 spiro atoms. The summed E-state index contributed by atoms with van der Waals surface area (Å²) in [6.07, 6.45) is 1.72. The Bertz CT molecular complexity index is 423. The summed E-state index contributed by atoms with van der Waals surface area (Å²) in [6, 6.07) is 9.33. The van der Waals surface area contributed by atoms with E-state index in [0.717, 1.165) is 5.39 Å². The van der Waals surface area contributed by atoms with Crippen LogP contribution in [0.25, 0.3) is 10.8 Å². The molecule has 60 valence electrons. The first-order valence-corrected chi connectivity index (χ1v) is 3.82. The van der Waals surface area contributed by atoms with Gasteiger partial charge in [0.05, 0.1) is 5.39 Å². The van der Waals surface area contributed by atoms with Crippen molar-refractivity contribution in [2.45, 2.75) is 0 Å². The van der Waals surface area contributed by atoms with Crippen molar-refractivity contribution >= 4 is 10.8 Å². The van der Waals surface area contributed by atoms with Gasteiger partial charge in [-0.1, -0.05) is 18.2 Å².